The Bertz CT molecular complexity index is 1390. The third kappa shape index (κ3) is 5.76. The SMILES string of the molecule is CCN(CC(C)[C@@H]1CC[C@@H](C)[C@@]2(O)[C@@H]1C=C(C)[C@@H](OC(C)=O)[C@@H]2OC(=O)[C@@H]1C[C@@]2(O)c3cccc(Cl)c3N(C)O[C@H]2N1)C(=O)OC. The smallest absolute Gasteiger partial charge is 0.409 e. The van der Waals surface area contributed by atoms with Gasteiger partial charge in [-0.1, -0.05) is 43.7 Å². The van der Waals surface area contributed by atoms with Gasteiger partial charge in [-0.05, 0) is 56.1 Å². The summed E-state index contributed by atoms with van der Waals surface area (Å²) in [5.74, 6) is -2.18. The first kappa shape index (κ1) is 34.4. The number of hydrogen-bond donors (Lipinski definition) is 3. The van der Waals surface area contributed by atoms with Gasteiger partial charge in [-0.3, -0.25) is 24.8 Å². The zero-order valence-electron chi connectivity index (χ0n) is 27.5. The fourth-order valence-corrected chi connectivity index (χ4v) is 8.40. The number of methoxy groups -OCH3 is 1. The number of aliphatic hydroxyl groups is 2. The molecule has 1 aromatic carbocycles. The van der Waals surface area contributed by atoms with Crippen LogP contribution in [-0.2, 0) is 34.2 Å². The molecule has 12 nitrogen and oxygen atoms in total. The van der Waals surface area contributed by atoms with Gasteiger partial charge in [0.25, 0.3) is 0 Å². The molecule has 1 aromatic rings. The molecule has 0 spiro atoms. The first-order valence-electron chi connectivity index (χ1n) is 16.0. The zero-order valence-corrected chi connectivity index (χ0v) is 28.2. The van der Waals surface area contributed by atoms with E-state index in [0.29, 0.717) is 41.4 Å². The van der Waals surface area contributed by atoms with Gasteiger partial charge in [-0.15, -0.1) is 0 Å². The maximum Gasteiger partial charge on any atom is 0.409 e. The first-order chi connectivity index (χ1) is 21.7. The number of para-hydroxylation sites is 1. The summed E-state index contributed by atoms with van der Waals surface area (Å²) in [6, 6.07) is 4.15. The standard InChI is InChI=1S/C33H46ClN3O9/c1-8-37(31(40)43-7)16-18(3)21-13-12-19(4)33(42)23(21)14-17(2)27(44-20(5)38)28(33)45-29(39)25-15-32(41)22-10-9-11-24(34)26(22)36(6)46-30(32)35-25/h9-11,14,18-19,21,23,25,27-28,30,35,41-42H,8,12-13,15-16H2,1-7H3/t18?,19-,21+,23-,25+,27-,28+,30-,32-,33-/m1/s1. The van der Waals surface area contributed by atoms with Crippen molar-refractivity contribution in [3.05, 3.63) is 40.4 Å². The molecule has 1 saturated heterocycles. The number of amides is 1. The summed E-state index contributed by atoms with van der Waals surface area (Å²) in [5, 5.41) is 29.4. The molecule has 1 amide bonds. The van der Waals surface area contributed by atoms with Crippen molar-refractivity contribution in [2.45, 2.75) is 89.6 Å². The van der Waals surface area contributed by atoms with Crippen LogP contribution < -0.4 is 10.4 Å². The van der Waals surface area contributed by atoms with Crippen LogP contribution in [0.15, 0.2) is 29.8 Å². The predicted molar refractivity (Wildman–Crippen MR) is 169 cm³/mol. The lowest BCUT2D eigenvalue weighted by atomic mass is 9.55. The maximum atomic E-state index is 14.0. The number of rotatable bonds is 7. The number of hydrogen-bond acceptors (Lipinski definition) is 11. The number of carbonyl (C=O) groups excluding carboxylic acids is 3. The molecule has 10 atom stereocenters. The number of esters is 2. The van der Waals surface area contributed by atoms with E-state index >= 15 is 0 Å². The highest BCUT2D eigenvalue weighted by Crippen LogP contribution is 2.53. The molecule has 3 N–H and O–H groups in total. The Morgan fingerprint density at radius 2 is 1.96 bits per heavy atom. The Kier molecular flexibility index (Phi) is 9.70. The minimum absolute atomic E-state index is 0.0383. The van der Waals surface area contributed by atoms with Gasteiger partial charge in [0, 0.05) is 45.0 Å². The van der Waals surface area contributed by atoms with Crippen LogP contribution in [0, 0.1) is 23.7 Å². The Morgan fingerprint density at radius 3 is 2.61 bits per heavy atom. The van der Waals surface area contributed by atoms with Crippen LogP contribution in [0.5, 0.6) is 0 Å². The number of nitrogens with zero attached hydrogens (tertiary/aromatic N) is 2. The number of anilines is 1. The minimum Gasteiger partial charge on any atom is -0.454 e. The molecule has 1 unspecified atom stereocenters. The predicted octanol–water partition coefficient (Wildman–Crippen LogP) is 3.52. The average molecular weight is 664 g/mol. The molecule has 2 aliphatic heterocycles. The summed E-state index contributed by atoms with van der Waals surface area (Å²) >= 11 is 6.43. The number of nitrogens with one attached hydrogen (secondary N) is 1. The Balaban J connectivity index is 1.45. The van der Waals surface area contributed by atoms with Crippen LogP contribution in [0.1, 0.15) is 59.4 Å². The van der Waals surface area contributed by atoms with Crippen LogP contribution in [-0.4, -0.2) is 90.5 Å². The van der Waals surface area contributed by atoms with Crippen LogP contribution in [0.25, 0.3) is 0 Å². The van der Waals surface area contributed by atoms with Gasteiger partial charge < -0.3 is 29.3 Å². The van der Waals surface area contributed by atoms with Crippen molar-refractivity contribution in [2.24, 2.45) is 23.7 Å². The molecule has 2 heterocycles. The van der Waals surface area contributed by atoms with E-state index in [-0.39, 0.29) is 24.2 Å². The second-order valence-electron chi connectivity index (χ2n) is 13.3. The number of ether oxygens (including phenoxy) is 3. The first-order valence-corrected chi connectivity index (χ1v) is 16.3. The van der Waals surface area contributed by atoms with E-state index in [1.54, 1.807) is 37.1 Å². The fourth-order valence-electron chi connectivity index (χ4n) is 8.10. The van der Waals surface area contributed by atoms with Crippen molar-refractivity contribution < 1.29 is 43.6 Å². The number of halogens is 1. The second kappa shape index (κ2) is 13.0. The molecule has 0 bridgehead atoms. The maximum absolute atomic E-state index is 14.0. The Hall–Kier alpha value is -2.90. The highest BCUT2D eigenvalue weighted by molar-refractivity contribution is 6.33. The van der Waals surface area contributed by atoms with E-state index in [1.165, 1.54) is 19.1 Å². The molecule has 1 saturated carbocycles. The zero-order chi connectivity index (χ0) is 33.7. The highest BCUT2D eigenvalue weighted by atomic mass is 35.5. The van der Waals surface area contributed by atoms with Gasteiger partial charge in [0.2, 0.25) is 0 Å². The molecule has 0 radical (unpaired) electrons. The number of hydroxylamine groups is 1. The monoisotopic (exact) mass is 663 g/mol. The van der Waals surface area contributed by atoms with Gasteiger partial charge in [-0.2, -0.15) is 0 Å². The summed E-state index contributed by atoms with van der Waals surface area (Å²) in [6.45, 7) is 9.81. The van der Waals surface area contributed by atoms with Crippen molar-refractivity contribution in [3.8, 4) is 0 Å². The lowest BCUT2D eigenvalue weighted by molar-refractivity contribution is -0.225. The van der Waals surface area contributed by atoms with Crippen molar-refractivity contribution in [1.29, 1.82) is 0 Å². The van der Waals surface area contributed by atoms with Crippen LogP contribution >= 0.6 is 11.6 Å². The van der Waals surface area contributed by atoms with E-state index in [4.69, 9.17) is 30.6 Å². The number of carbonyl (C=O) groups is 3. The molecule has 13 heteroatoms. The third-order valence-electron chi connectivity index (χ3n) is 10.5. The van der Waals surface area contributed by atoms with Crippen LogP contribution in [0.4, 0.5) is 10.5 Å². The van der Waals surface area contributed by atoms with E-state index < -0.39 is 59.6 Å². The summed E-state index contributed by atoms with van der Waals surface area (Å²) < 4.78 is 16.9. The molecule has 5 rings (SSSR count). The quantitative estimate of drug-likeness (QED) is 0.224. The lowest BCUT2D eigenvalue weighted by Crippen LogP contribution is -2.66. The molecule has 2 aliphatic carbocycles. The van der Waals surface area contributed by atoms with Crippen LogP contribution in [0.3, 0.4) is 0 Å². The average Bonchev–Trinajstić information content (AvgIpc) is 3.36. The van der Waals surface area contributed by atoms with Crippen molar-refractivity contribution in [3.63, 3.8) is 0 Å². The molecular weight excluding hydrogens is 618 g/mol. The second-order valence-corrected chi connectivity index (χ2v) is 13.7. The van der Waals surface area contributed by atoms with Gasteiger partial charge in [0.1, 0.15) is 17.2 Å². The molecular formula is C33H46ClN3O9. The van der Waals surface area contributed by atoms with Gasteiger partial charge in [-0.25, -0.2) is 4.79 Å². The topological polar surface area (TPSA) is 147 Å². The largest absolute Gasteiger partial charge is 0.454 e. The molecule has 2 fully saturated rings. The lowest BCUT2D eigenvalue weighted by Gasteiger charge is -2.56. The third-order valence-corrected chi connectivity index (χ3v) is 10.9. The van der Waals surface area contributed by atoms with E-state index in [0.717, 1.165) is 6.42 Å². The Labute approximate surface area is 274 Å². The molecule has 0 aromatic heterocycles. The normalized spacial score (nSPS) is 35.6. The summed E-state index contributed by atoms with van der Waals surface area (Å²) in [6.07, 6.45) is -0.357. The van der Waals surface area contributed by atoms with E-state index in [1.807, 2.05) is 26.8 Å². The van der Waals surface area contributed by atoms with Crippen molar-refractivity contribution in [1.82, 2.24) is 10.2 Å². The van der Waals surface area contributed by atoms with Crippen molar-refractivity contribution in [2.75, 3.05) is 32.3 Å². The number of benzene rings is 1. The molecule has 254 valence electrons. The van der Waals surface area contributed by atoms with Crippen molar-refractivity contribution >= 4 is 35.3 Å². The van der Waals surface area contributed by atoms with Gasteiger partial charge >= 0.3 is 18.0 Å². The number of fused-ring (bicyclic) bond motifs is 4. The van der Waals surface area contributed by atoms with Gasteiger partial charge in [0.15, 0.2) is 18.4 Å². The fraction of sp³-hybridized carbons (Fsp3) is 0.667. The summed E-state index contributed by atoms with van der Waals surface area (Å²) in [4.78, 5) is 46.2. The summed E-state index contributed by atoms with van der Waals surface area (Å²) in [5.41, 5.74) is -1.50. The molecule has 4 aliphatic rings. The van der Waals surface area contributed by atoms with Crippen LogP contribution in [0.2, 0.25) is 5.02 Å². The van der Waals surface area contributed by atoms with E-state index in [9.17, 15) is 24.6 Å². The minimum atomic E-state index is -1.59. The van der Waals surface area contributed by atoms with Gasteiger partial charge in [0.05, 0.1) is 17.8 Å². The molecule has 46 heavy (non-hydrogen) atoms. The van der Waals surface area contributed by atoms with E-state index in [2.05, 4.69) is 5.32 Å². The highest BCUT2D eigenvalue weighted by Gasteiger charge is 2.62. The summed E-state index contributed by atoms with van der Waals surface area (Å²) in [7, 11) is 3.02. The Morgan fingerprint density at radius 1 is 1.24 bits per heavy atom.